The monoisotopic (exact) mass is 219 g/mol. The lowest BCUT2D eigenvalue weighted by Crippen LogP contribution is -2.16. The molecule has 0 aliphatic rings. The Hall–Kier alpha value is -1.62. The van der Waals surface area contributed by atoms with Gasteiger partial charge in [-0.15, -0.1) is 0 Å². The minimum absolute atomic E-state index is 0.257. The number of anilines is 1. The minimum atomic E-state index is 0.257. The molecule has 2 aromatic rings. The maximum atomic E-state index is 4.49. The fourth-order valence-corrected chi connectivity index (χ4v) is 1.75. The summed E-state index contributed by atoms with van der Waals surface area (Å²) in [5, 5.41) is 6.23. The van der Waals surface area contributed by atoms with E-state index < -0.39 is 0 Å². The lowest BCUT2D eigenvalue weighted by atomic mass is 10.2. The SMILES string of the molecule is CCC(NC)c1nc2nc(NC)ccc2[nH]1. The normalized spacial score (nSPS) is 12.9. The highest BCUT2D eigenvalue weighted by Gasteiger charge is 2.12. The third-order valence-corrected chi connectivity index (χ3v) is 2.71. The van der Waals surface area contributed by atoms with Crippen molar-refractivity contribution >= 4 is 17.0 Å². The van der Waals surface area contributed by atoms with Crippen molar-refractivity contribution in [3.05, 3.63) is 18.0 Å². The Balaban J connectivity index is 2.43. The van der Waals surface area contributed by atoms with Gasteiger partial charge in [-0.25, -0.2) is 9.97 Å². The largest absolute Gasteiger partial charge is 0.373 e. The average Bonchev–Trinajstić information content (AvgIpc) is 2.72. The van der Waals surface area contributed by atoms with E-state index in [9.17, 15) is 0 Å². The summed E-state index contributed by atoms with van der Waals surface area (Å²) in [6.07, 6.45) is 0.995. The third kappa shape index (κ3) is 1.86. The first-order valence-electron chi connectivity index (χ1n) is 5.50. The molecule has 0 fully saturated rings. The zero-order valence-electron chi connectivity index (χ0n) is 9.83. The van der Waals surface area contributed by atoms with E-state index in [2.05, 4.69) is 32.5 Å². The van der Waals surface area contributed by atoms with E-state index in [0.717, 1.165) is 29.2 Å². The van der Waals surface area contributed by atoms with E-state index in [1.165, 1.54) is 0 Å². The number of hydrogen-bond donors (Lipinski definition) is 3. The molecule has 2 rings (SSSR count). The first kappa shape index (κ1) is 10.9. The molecule has 2 aromatic heterocycles. The van der Waals surface area contributed by atoms with Crippen molar-refractivity contribution in [3.63, 3.8) is 0 Å². The number of rotatable bonds is 4. The van der Waals surface area contributed by atoms with Crippen LogP contribution in [0.2, 0.25) is 0 Å². The fraction of sp³-hybridized carbons (Fsp3) is 0.455. The van der Waals surface area contributed by atoms with Crippen LogP contribution in [0.15, 0.2) is 12.1 Å². The molecule has 2 heterocycles. The van der Waals surface area contributed by atoms with Crippen LogP contribution in [-0.4, -0.2) is 29.0 Å². The Morgan fingerprint density at radius 1 is 1.31 bits per heavy atom. The summed E-state index contributed by atoms with van der Waals surface area (Å²) in [6, 6.07) is 4.18. The number of H-pyrrole nitrogens is 1. The van der Waals surface area contributed by atoms with Gasteiger partial charge < -0.3 is 15.6 Å². The van der Waals surface area contributed by atoms with Gasteiger partial charge in [-0.05, 0) is 25.6 Å². The van der Waals surface area contributed by atoms with Crippen LogP contribution >= 0.6 is 0 Å². The molecule has 0 saturated heterocycles. The van der Waals surface area contributed by atoms with Crippen LogP contribution in [0.3, 0.4) is 0 Å². The Morgan fingerprint density at radius 2 is 2.12 bits per heavy atom. The van der Waals surface area contributed by atoms with Gasteiger partial charge in [0.25, 0.3) is 0 Å². The van der Waals surface area contributed by atoms with Crippen molar-refractivity contribution < 1.29 is 0 Å². The van der Waals surface area contributed by atoms with E-state index in [-0.39, 0.29) is 6.04 Å². The van der Waals surface area contributed by atoms with E-state index in [1.807, 2.05) is 26.2 Å². The molecule has 0 spiro atoms. The van der Waals surface area contributed by atoms with Gasteiger partial charge in [0.2, 0.25) is 0 Å². The number of fused-ring (bicyclic) bond motifs is 1. The zero-order valence-corrected chi connectivity index (χ0v) is 9.83. The number of pyridine rings is 1. The highest BCUT2D eigenvalue weighted by molar-refractivity contribution is 5.72. The van der Waals surface area contributed by atoms with Crippen molar-refractivity contribution in [1.29, 1.82) is 0 Å². The standard InChI is InChI=1S/C11H17N5/c1-4-7(12-2)10-14-8-5-6-9(13-3)15-11(8)16-10/h5-7,12H,4H2,1-3H3,(H2,13,14,15,16). The van der Waals surface area contributed by atoms with E-state index in [0.29, 0.717) is 0 Å². The summed E-state index contributed by atoms with van der Waals surface area (Å²) in [5.41, 5.74) is 1.73. The summed E-state index contributed by atoms with van der Waals surface area (Å²) in [5.74, 6) is 1.78. The van der Waals surface area contributed by atoms with Gasteiger partial charge in [0, 0.05) is 7.05 Å². The van der Waals surface area contributed by atoms with Crippen LogP contribution in [0.1, 0.15) is 25.2 Å². The van der Waals surface area contributed by atoms with Crippen molar-refractivity contribution in [3.8, 4) is 0 Å². The Labute approximate surface area is 94.7 Å². The zero-order chi connectivity index (χ0) is 11.5. The van der Waals surface area contributed by atoms with Gasteiger partial charge in [0.1, 0.15) is 11.6 Å². The summed E-state index contributed by atoms with van der Waals surface area (Å²) in [7, 11) is 3.79. The van der Waals surface area contributed by atoms with Gasteiger partial charge in [0.15, 0.2) is 5.65 Å². The van der Waals surface area contributed by atoms with E-state index in [1.54, 1.807) is 0 Å². The molecule has 16 heavy (non-hydrogen) atoms. The topological polar surface area (TPSA) is 65.6 Å². The molecule has 5 nitrogen and oxygen atoms in total. The molecule has 0 aromatic carbocycles. The van der Waals surface area contributed by atoms with Crippen LogP contribution < -0.4 is 10.6 Å². The number of nitrogens with zero attached hydrogens (tertiary/aromatic N) is 2. The second-order valence-electron chi connectivity index (χ2n) is 3.69. The molecule has 0 aliphatic heterocycles. The van der Waals surface area contributed by atoms with Gasteiger partial charge in [-0.3, -0.25) is 0 Å². The lowest BCUT2D eigenvalue weighted by Gasteiger charge is -2.09. The van der Waals surface area contributed by atoms with Crippen molar-refractivity contribution in [2.45, 2.75) is 19.4 Å². The molecule has 5 heteroatoms. The molecule has 1 unspecified atom stereocenters. The highest BCUT2D eigenvalue weighted by atomic mass is 15.1. The lowest BCUT2D eigenvalue weighted by molar-refractivity contribution is 0.551. The summed E-state index contributed by atoms with van der Waals surface area (Å²) >= 11 is 0. The van der Waals surface area contributed by atoms with Crippen LogP contribution in [0, 0.1) is 0 Å². The second-order valence-corrected chi connectivity index (χ2v) is 3.69. The summed E-state index contributed by atoms with van der Waals surface area (Å²) < 4.78 is 0. The number of aromatic nitrogens is 3. The molecule has 0 aliphatic carbocycles. The molecule has 0 saturated carbocycles. The van der Waals surface area contributed by atoms with Crippen LogP contribution in [0.25, 0.3) is 11.2 Å². The van der Waals surface area contributed by atoms with Crippen molar-refractivity contribution in [1.82, 2.24) is 20.3 Å². The summed E-state index contributed by atoms with van der Waals surface area (Å²) in [6.45, 7) is 2.13. The third-order valence-electron chi connectivity index (χ3n) is 2.71. The fourth-order valence-electron chi connectivity index (χ4n) is 1.75. The molecule has 0 radical (unpaired) electrons. The number of hydrogen-bond acceptors (Lipinski definition) is 4. The predicted molar refractivity (Wildman–Crippen MR) is 65.5 cm³/mol. The maximum absolute atomic E-state index is 4.49. The van der Waals surface area contributed by atoms with Gasteiger partial charge in [-0.1, -0.05) is 6.92 Å². The first-order chi connectivity index (χ1) is 7.78. The number of aromatic amines is 1. The smallest absolute Gasteiger partial charge is 0.179 e. The van der Waals surface area contributed by atoms with E-state index >= 15 is 0 Å². The van der Waals surface area contributed by atoms with Gasteiger partial charge >= 0.3 is 0 Å². The maximum Gasteiger partial charge on any atom is 0.179 e. The highest BCUT2D eigenvalue weighted by Crippen LogP contribution is 2.18. The Bertz CT molecular complexity index is 472. The van der Waals surface area contributed by atoms with E-state index in [4.69, 9.17) is 0 Å². The second kappa shape index (κ2) is 4.49. The molecular formula is C11H17N5. The van der Waals surface area contributed by atoms with Gasteiger partial charge in [0.05, 0.1) is 11.6 Å². The van der Waals surface area contributed by atoms with Crippen LogP contribution in [-0.2, 0) is 0 Å². The van der Waals surface area contributed by atoms with Crippen LogP contribution in [0.5, 0.6) is 0 Å². The quantitative estimate of drug-likeness (QED) is 0.732. The molecule has 86 valence electrons. The molecule has 0 bridgehead atoms. The predicted octanol–water partition coefficient (Wildman–Crippen LogP) is 1.67. The first-order valence-corrected chi connectivity index (χ1v) is 5.50. The van der Waals surface area contributed by atoms with Gasteiger partial charge in [-0.2, -0.15) is 0 Å². The number of imidazole rings is 1. The molecule has 3 N–H and O–H groups in total. The van der Waals surface area contributed by atoms with Crippen molar-refractivity contribution in [2.75, 3.05) is 19.4 Å². The molecular weight excluding hydrogens is 202 g/mol. The Kier molecular flexibility index (Phi) is 3.05. The average molecular weight is 219 g/mol. The van der Waals surface area contributed by atoms with Crippen molar-refractivity contribution in [2.24, 2.45) is 0 Å². The molecule has 0 amide bonds. The molecule has 1 atom stereocenters. The summed E-state index contributed by atoms with van der Waals surface area (Å²) in [4.78, 5) is 12.2. The van der Waals surface area contributed by atoms with Crippen LogP contribution in [0.4, 0.5) is 5.82 Å². The number of nitrogens with one attached hydrogen (secondary N) is 3. The Morgan fingerprint density at radius 3 is 2.75 bits per heavy atom. The minimum Gasteiger partial charge on any atom is -0.373 e.